The molecule has 32 heavy (non-hydrogen) atoms. The number of nitrogens with one attached hydrogen (secondary N) is 2. The van der Waals surface area contributed by atoms with Gasteiger partial charge in [0.15, 0.2) is 23.0 Å². The van der Waals surface area contributed by atoms with Crippen molar-refractivity contribution in [2.75, 3.05) is 34.5 Å². The molecule has 0 aliphatic carbocycles. The quantitative estimate of drug-likeness (QED) is 0.192. The summed E-state index contributed by atoms with van der Waals surface area (Å²) in [5.74, 6) is 1.14. The first-order valence-electron chi connectivity index (χ1n) is 9.36. The minimum absolute atomic E-state index is 0.250. The van der Waals surface area contributed by atoms with Crippen LogP contribution in [0.3, 0.4) is 0 Å². The van der Waals surface area contributed by atoms with Gasteiger partial charge >= 0.3 is 0 Å². The molecule has 10 heteroatoms. The number of rotatable bonds is 11. The van der Waals surface area contributed by atoms with Crippen LogP contribution < -0.4 is 29.7 Å². The summed E-state index contributed by atoms with van der Waals surface area (Å²) < 4.78 is 22.1. The Labute approximate surface area is 199 Å². The number of hydrazone groups is 1. The van der Waals surface area contributed by atoms with Crippen molar-refractivity contribution in [3.05, 3.63) is 57.7 Å². The largest absolute Gasteiger partial charge is 0.493 e. The van der Waals surface area contributed by atoms with Gasteiger partial charge in [-0.15, -0.1) is 0 Å². The van der Waals surface area contributed by atoms with Crippen molar-refractivity contribution < 1.29 is 28.5 Å². The SMILES string of the molecule is C=CCOc1c(I)cc(C=NNC(=O)CNC(=O)c2ccc(OC)c(OC)c2)cc1OC. The van der Waals surface area contributed by atoms with Gasteiger partial charge in [0.25, 0.3) is 11.8 Å². The highest BCUT2D eigenvalue weighted by molar-refractivity contribution is 14.1. The zero-order valence-corrected chi connectivity index (χ0v) is 20.1. The summed E-state index contributed by atoms with van der Waals surface area (Å²) in [6.45, 7) is 3.73. The van der Waals surface area contributed by atoms with Crippen LogP contribution >= 0.6 is 22.6 Å². The van der Waals surface area contributed by atoms with Gasteiger partial charge < -0.3 is 24.3 Å². The molecule has 0 radical (unpaired) electrons. The van der Waals surface area contributed by atoms with Crippen LogP contribution in [0.5, 0.6) is 23.0 Å². The minimum atomic E-state index is -0.484. The van der Waals surface area contributed by atoms with Gasteiger partial charge in [-0.3, -0.25) is 9.59 Å². The molecule has 0 saturated carbocycles. The van der Waals surface area contributed by atoms with Crippen LogP contribution in [0.2, 0.25) is 0 Å². The zero-order chi connectivity index (χ0) is 23.5. The number of carbonyl (C=O) groups excluding carboxylic acids is 2. The van der Waals surface area contributed by atoms with Crippen LogP contribution in [-0.4, -0.2) is 52.5 Å². The van der Waals surface area contributed by atoms with Crippen molar-refractivity contribution in [3.63, 3.8) is 0 Å². The van der Waals surface area contributed by atoms with E-state index in [-0.39, 0.29) is 6.54 Å². The summed E-state index contributed by atoms with van der Waals surface area (Å²) in [6.07, 6.45) is 3.11. The highest BCUT2D eigenvalue weighted by Gasteiger charge is 2.12. The molecule has 2 N–H and O–H groups in total. The van der Waals surface area contributed by atoms with E-state index in [9.17, 15) is 9.59 Å². The van der Waals surface area contributed by atoms with E-state index < -0.39 is 11.8 Å². The van der Waals surface area contributed by atoms with Crippen LogP contribution in [-0.2, 0) is 4.79 Å². The average molecular weight is 553 g/mol. The summed E-state index contributed by atoms with van der Waals surface area (Å²) in [5.41, 5.74) is 3.40. The molecule has 0 fully saturated rings. The molecule has 0 aromatic heterocycles. The number of amides is 2. The Hall–Kier alpha value is -3.28. The van der Waals surface area contributed by atoms with Gasteiger partial charge in [0.05, 0.1) is 37.7 Å². The molecule has 9 nitrogen and oxygen atoms in total. The highest BCUT2D eigenvalue weighted by Crippen LogP contribution is 2.33. The first-order valence-corrected chi connectivity index (χ1v) is 10.4. The second kappa shape index (κ2) is 12.5. The predicted octanol–water partition coefficient (Wildman–Crippen LogP) is 2.76. The Balaban J connectivity index is 1.93. The maximum absolute atomic E-state index is 12.3. The fourth-order valence-electron chi connectivity index (χ4n) is 2.56. The normalized spacial score (nSPS) is 10.4. The fourth-order valence-corrected chi connectivity index (χ4v) is 3.34. The molecule has 0 aliphatic rings. The summed E-state index contributed by atoms with van der Waals surface area (Å²) in [6, 6.07) is 8.28. The summed E-state index contributed by atoms with van der Waals surface area (Å²) in [5, 5.41) is 6.45. The molecule has 0 saturated heterocycles. The van der Waals surface area contributed by atoms with Crippen LogP contribution in [0.1, 0.15) is 15.9 Å². The smallest absolute Gasteiger partial charge is 0.259 e. The molecule has 0 spiro atoms. The predicted molar refractivity (Wildman–Crippen MR) is 129 cm³/mol. The van der Waals surface area contributed by atoms with Crippen molar-refractivity contribution in [2.45, 2.75) is 0 Å². The van der Waals surface area contributed by atoms with Gasteiger partial charge in [-0.2, -0.15) is 5.10 Å². The van der Waals surface area contributed by atoms with Crippen molar-refractivity contribution in [1.29, 1.82) is 0 Å². The van der Waals surface area contributed by atoms with Crippen LogP contribution in [0.25, 0.3) is 0 Å². The molecular weight excluding hydrogens is 529 g/mol. The summed E-state index contributed by atoms with van der Waals surface area (Å²) in [4.78, 5) is 24.3. The molecule has 0 heterocycles. The molecule has 0 aliphatic heterocycles. The fraction of sp³-hybridized carbons (Fsp3) is 0.227. The maximum Gasteiger partial charge on any atom is 0.259 e. The van der Waals surface area contributed by atoms with E-state index in [2.05, 4.69) is 45.0 Å². The molecule has 170 valence electrons. The van der Waals surface area contributed by atoms with Gasteiger partial charge in [0.1, 0.15) is 6.61 Å². The monoisotopic (exact) mass is 553 g/mol. The molecule has 2 aromatic rings. The molecule has 2 rings (SSSR count). The van der Waals surface area contributed by atoms with E-state index in [1.807, 2.05) is 6.07 Å². The highest BCUT2D eigenvalue weighted by atomic mass is 127. The second-order valence-electron chi connectivity index (χ2n) is 6.18. The minimum Gasteiger partial charge on any atom is -0.493 e. The second-order valence-corrected chi connectivity index (χ2v) is 7.34. The number of halogens is 1. The number of hydrogen-bond acceptors (Lipinski definition) is 7. The third-order valence-electron chi connectivity index (χ3n) is 4.06. The molecule has 0 unspecified atom stereocenters. The number of benzene rings is 2. The van der Waals surface area contributed by atoms with Gasteiger partial charge in [0.2, 0.25) is 0 Å². The first kappa shape index (κ1) is 25.0. The lowest BCUT2D eigenvalue weighted by atomic mass is 10.2. The number of carbonyl (C=O) groups is 2. The van der Waals surface area contributed by atoms with Crippen LogP contribution in [0.4, 0.5) is 0 Å². The standard InChI is InChI=1S/C22H24IN3O6/c1-5-8-32-21-16(23)9-14(10-19(21)31-4)12-25-26-20(27)13-24-22(28)15-6-7-17(29-2)18(11-15)30-3/h5-7,9-12H,1,8,13H2,2-4H3,(H,24,28)(H,26,27). The van der Waals surface area contributed by atoms with Gasteiger partial charge in [-0.25, -0.2) is 5.43 Å². The maximum atomic E-state index is 12.3. The number of nitrogens with zero attached hydrogens (tertiary/aromatic N) is 1. The number of ether oxygens (including phenoxy) is 4. The lowest BCUT2D eigenvalue weighted by Gasteiger charge is -2.12. The van der Waals surface area contributed by atoms with Crippen LogP contribution in [0, 0.1) is 3.57 Å². The zero-order valence-electron chi connectivity index (χ0n) is 17.9. The third-order valence-corrected chi connectivity index (χ3v) is 4.86. The van der Waals surface area contributed by atoms with Crippen molar-refractivity contribution in [1.82, 2.24) is 10.7 Å². The molecule has 2 amide bonds. The van der Waals surface area contributed by atoms with Gasteiger partial charge in [-0.1, -0.05) is 12.7 Å². The van der Waals surface area contributed by atoms with E-state index in [4.69, 9.17) is 18.9 Å². The van der Waals surface area contributed by atoms with E-state index in [0.29, 0.717) is 40.7 Å². The molecule has 0 atom stereocenters. The Morgan fingerprint density at radius 2 is 1.78 bits per heavy atom. The molecule has 2 aromatic carbocycles. The lowest BCUT2D eigenvalue weighted by Crippen LogP contribution is -2.34. The van der Waals surface area contributed by atoms with E-state index in [0.717, 1.165) is 3.57 Å². The molecular formula is C22H24IN3O6. The molecule has 0 bridgehead atoms. The Morgan fingerprint density at radius 3 is 2.44 bits per heavy atom. The van der Waals surface area contributed by atoms with E-state index in [1.54, 1.807) is 24.3 Å². The van der Waals surface area contributed by atoms with Crippen molar-refractivity contribution >= 4 is 40.6 Å². The van der Waals surface area contributed by atoms with Gasteiger partial charge in [-0.05, 0) is 58.5 Å². The summed E-state index contributed by atoms with van der Waals surface area (Å²) in [7, 11) is 4.52. The van der Waals surface area contributed by atoms with Crippen LogP contribution in [0.15, 0.2) is 48.1 Å². The Kier molecular flexibility index (Phi) is 9.79. The third kappa shape index (κ3) is 6.87. The lowest BCUT2D eigenvalue weighted by molar-refractivity contribution is -0.120. The first-order chi connectivity index (χ1) is 15.4. The summed E-state index contributed by atoms with van der Waals surface area (Å²) >= 11 is 2.12. The van der Waals surface area contributed by atoms with Gasteiger partial charge in [0, 0.05) is 5.56 Å². The Morgan fingerprint density at radius 1 is 1.06 bits per heavy atom. The Bertz CT molecular complexity index is 1010. The van der Waals surface area contributed by atoms with E-state index >= 15 is 0 Å². The average Bonchev–Trinajstić information content (AvgIpc) is 2.80. The van der Waals surface area contributed by atoms with Crippen molar-refractivity contribution in [3.8, 4) is 23.0 Å². The van der Waals surface area contributed by atoms with Crippen molar-refractivity contribution in [2.24, 2.45) is 5.10 Å². The number of methoxy groups -OCH3 is 3. The number of hydrogen-bond donors (Lipinski definition) is 2. The topological polar surface area (TPSA) is 107 Å². The van der Waals surface area contributed by atoms with E-state index in [1.165, 1.54) is 33.6 Å².